The molecule has 204 valence electrons. The van der Waals surface area contributed by atoms with E-state index in [1.165, 1.54) is 77.7 Å². The average molecular weight is 513 g/mol. The summed E-state index contributed by atoms with van der Waals surface area (Å²) in [5.74, 6) is -2.36. The van der Waals surface area contributed by atoms with Gasteiger partial charge in [0.05, 0.1) is 6.42 Å². The number of hydrogen-bond donors (Lipinski definition) is 4. The lowest BCUT2D eigenvalue weighted by atomic mass is 9.94. The van der Waals surface area contributed by atoms with E-state index in [4.69, 9.17) is 0 Å². The van der Waals surface area contributed by atoms with Gasteiger partial charge >= 0.3 is 5.97 Å². The van der Waals surface area contributed by atoms with Crippen LogP contribution in [-0.4, -0.2) is 40.7 Å². The zero-order valence-corrected chi connectivity index (χ0v) is 23.6. The predicted molar refractivity (Wildman–Crippen MR) is 150 cm³/mol. The number of aliphatic carboxylic acids is 1. The fourth-order valence-electron chi connectivity index (χ4n) is 4.09. The van der Waals surface area contributed by atoms with Crippen molar-refractivity contribution in [1.82, 2.24) is 10.6 Å². The molecule has 0 aromatic rings. The second kappa shape index (κ2) is 22.8. The van der Waals surface area contributed by atoms with E-state index in [0.717, 1.165) is 19.3 Å². The number of unbranched alkanes of at least 4 members (excludes halogenated alkanes) is 13. The Morgan fingerprint density at radius 1 is 0.800 bits per heavy atom. The van der Waals surface area contributed by atoms with Gasteiger partial charge in [0.25, 0.3) is 0 Å². The minimum Gasteiger partial charge on any atom is -0.481 e. The highest BCUT2D eigenvalue weighted by atomic mass is 32.1. The topological polar surface area (TPSA) is 95.5 Å². The first-order valence-electron chi connectivity index (χ1n) is 13.4. The molecule has 0 saturated carbocycles. The Bertz CT molecular complexity index is 587. The van der Waals surface area contributed by atoms with Crippen LogP contribution in [-0.2, 0) is 14.4 Å². The van der Waals surface area contributed by atoms with Gasteiger partial charge < -0.3 is 15.7 Å². The Morgan fingerprint density at radius 3 is 1.54 bits per heavy atom. The van der Waals surface area contributed by atoms with Gasteiger partial charge in [-0.1, -0.05) is 96.8 Å². The number of carboxylic acids is 1. The van der Waals surface area contributed by atoms with Gasteiger partial charge in [-0.25, -0.2) is 0 Å². The number of likely N-dealkylation sites (N-methyl/N-ethyl adjacent to an activating group) is 1. The fraction of sp³-hybridized carbons (Fsp3) is 0.821. The monoisotopic (exact) mass is 512 g/mol. The van der Waals surface area contributed by atoms with E-state index >= 15 is 0 Å². The molecule has 0 heterocycles. The molecule has 0 aliphatic carbocycles. The van der Waals surface area contributed by atoms with Crippen molar-refractivity contribution in [3.63, 3.8) is 0 Å². The van der Waals surface area contributed by atoms with Crippen LogP contribution in [0.4, 0.5) is 0 Å². The van der Waals surface area contributed by atoms with Crippen molar-refractivity contribution in [3.05, 3.63) is 0 Å². The minimum absolute atomic E-state index is 0.224. The number of carboxylic acid groups (broad SMARTS) is 1. The maximum absolute atomic E-state index is 12.7. The van der Waals surface area contributed by atoms with E-state index in [2.05, 4.69) is 43.0 Å². The van der Waals surface area contributed by atoms with Crippen LogP contribution in [0.2, 0.25) is 0 Å². The third kappa shape index (κ3) is 20.2. The Balaban J connectivity index is 0. The molecule has 0 rings (SSSR count). The highest BCUT2D eigenvalue weighted by Gasteiger charge is 2.35. The fourth-order valence-corrected chi connectivity index (χ4v) is 4.27. The van der Waals surface area contributed by atoms with Gasteiger partial charge in [0.2, 0.25) is 11.8 Å². The molecule has 0 saturated heterocycles. The van der Waals surface area contributed by atoms with Crippen molar-refractivity contribution in [2.24, 2.45) is 5.92 Å². The molecule has 0 aliphatic rings. The van der Waals surface area contributed by atoms with Gasteiger partial charge in [0.15, 0.2) is 0 Å². The van der Waals surface area contributed by atoms with Crippen LogP contribution in [0.5, 0.6) is 0 Å². The Labute approximate surface area is 220 Å². The summed E-state index contributed by atoms with van der Waals surface area (Å²) in [7, 11) is 1.50. The molecule has 0 spiro atoms. The van der Waals surface area contributed by atoms with Gasteiger partial charge in [0.1, 0.15) is 6.04 Å². The molecule has 2 amide bonds. The molecule has 0 radical (unpaired) electrons. The zero-order chi connectivity index (χ0) is 27.1. The largest absolute Gasteiger partial charge is 0.481 e. The summed E-state index contributed by atoms with van der Waals surface area (Å²) in [5, 5.41) is 14.5. The summed E-state index contributed by atoms with van der Waals surface area (Å²) < 4.78 is -0.765. The Hall–Kier alpha value is -1.68. The lowest BCUT2D eigenvalue weighted by Crippen LogP contribution is -2.56. The van der Waals surface area contributed by atoms with Crippen molar-refractivity contribution in [3.8, 4) is 12.8 Å². The molecule has 2 unspecified atom stereocenters. The number of rotatable bonds is 21. The minimum atomic E-state index is -0.998. The molecule has 0 bridgehead atoms. The smallest absolute Gasteiger partial charge is 0.304 e. The molecule has 0 fully saturated rings. The van der Waals surface area contributed by atoms with Crippen molar-refractivity contribution >= 4 is 30.4 Å². The third-order valence-corrected chi connectivity index (χ3v) is 6.46. The van der Waals surface area contributed by atoms with Crippen molar-refractivity contribution < 1.29 is 19.5 Å². The van der Waals surface area contributed by atoms with Gasteiger partial charge in [-0.2, -0.15) is 12.6 Å². The molecule has 35 heavy (non-hydrogen) atoms. The molecule has 2 atom stereocenters. The molecule has 0 aromatic heterocycles. The molecule has 0 aromatic carbocycles. The van der Waals surface area contributed by atoms with E-state index in [9.17, 15) is 19.5 Å². The van der Waals surface area contributed by atoms with Gasteiger partial charge in [-0.3, -0.25) is 14.4 Å². The van der Waals surface area contributed by atoms with Crippen LogP contribution in [0.25, 0.3) is 0 Å². The third-order valence-electron chi connectivity index (χ3n) is 6.20. The summed E-state index contributed by atoms with van der Waals surface area (Å²) in [6.45, 7) is 5.74. The standard InChI is InChI=1S/C26H50N2O4S.C2H2/c1-5-6-7-8-9-10-11-12-13-14-15-16-17-18-19-21(20-22(29)30)24(31)28-23(25(32)27-4)26(2,3)33;1-2/h21,23,33H,5-20H2,1-4H3,(H,27,32)(H,28,31)(H,29,30);1-2H. The van der Waals surface area contributed by atoms with Gasteiger partial charge in [-0.15, -0.1) is 12.8 Å². The lowest BCUT2D eigenvalue weighted by Gasteiger charge is -2.30. The second-order valence-corrected chi connectivity index (χ2v) is 11.0. The first-order chi connectivity index (χ1) is 16.6. The summed E-state index contributed by atoms with van der Waals surface area (Å²) in [4.78, 5) is 36.1. The number of thiol groups is 1. The number of hydrogen-bond acceptors (Lipinski definition) is 4. The molecular weight excluding hydrogens is 460 g/mol. The predicted octanol–water partition coefficient (Wildman–Crippen LogP) is 6.14. The number of nitrogens with one attached hydrogen (secondary N) is 2. The summed E-state index contributed by atoms with van der Waals surface area (Å²) >= 11 is 4.43. The van der Waals surface area contributed by atoms with Crippen LogP contribution in [0.3, 0.4) is 0 Å². The highest BCUT2D eigenvalue weighted by Crippen LogP contribution is 2.21. The zero-order valence-electron chi connectivity index (χ0n) is 22.7. The number of amides is 2. The molecule has 6 nitrogen and oxygen atoms in total. The van der Waals surface area contributed by atoms with Crippen LogP contribution in [0, 0.1) is 18.8 Å². The van der Waals surface area contributed by atoms with Crippen LogP contribution in [0.15, 0.2) is 0 Å². The van der Waals surface area contributed by atoms with Crippen molar-refractivity contribution in [2.45, 2.75) is 134 Å². The highest BCUT2D eigenvalue weighted by molar-refractivity contribution is 7.81. The normalized spacial score (nSPS) is 12.7. The first-order valence-corrected chi connectivity index (χ1v) is 13.9. The van der Waals surface area contributed by atoms with E-state index in [1.807, 2.05) is 0 Å². The van der Waals surface area contributed by atoms with Crippen LogP contribution < -0.4 is 10.6 Å². The van der Waals surface area contributed by atoms with E-state index < -0.39 is 22.7 Å². The quantitative estimate of drug-likeness (QED) is 0.0844. The molecular formula is C28H52N2O4S. The maximum Gasteiger partial charge on any atom is 0.304 e. The van der Waals surface area contributed by atoms with Crippen molar-refractivity contribution in [1.29, 1.82) is 0 Å². The average Bonchev–Trinajstić information content (AvgIpc) is 2.81. The summed E-state index contributed by atoms with van der Waals surface area (Å²) in [5.41, 5.74) is 0. The number of terminal acetylenes is 1. The van der Waals surface area contributed by atoms with Crippen LogP contribution >= 0.6 is 12.6 Å². The Morgan fingerprint density at radius 2 is 1.20 bits per heavy atom. The molecule has 7 heteroatoms. The second-order valence-electron chi connectivity index (χ2n) is 9.89. The number of carbonyl (C=O) groups excluding carboxylic acids is 2. The summed E-state index contributed by atoms with van der Waals surface area (Å²) in [6.07, 6.45) is 25.8. The van der Waals surface area contributed by atoms with Crippen molar-refractivity contribution in [2.75, 3.05) is 7.05 Å². The Kier molecular flexibility index (Phi) is 23.1. The van der Waals surface area contributed by atoms with E-state index in [-0.39, 0.29) is 18.2 Å². The number of carbonyl (C=O) groups is 3. The van der Waals surface area contributed by atoms with Gasteiger partial charge in [0, 0.05) is 17.7 Å². The maximum atomic E-state index is 12.7. The first kappa shape index (κ1) is 35.5. The molecule has 0 aliphatic heterocycles. The summed E-state index contributed by atoms with van der Waals surface area (Å²) in [6, 6.07) is -0.828. The van der Waals surface area contributed by atoms with E-state index in [0.29, 0.717) is 6.42 Å². The van der Waals surface area contributed by atoms with E-state index in [1.54, 1.807) is 13.8 Å². The van der Waals surface area contributed by atoms with Gasteiger partial charge in [-0.05, 0) is 20.3 Å². The SMILES string of the molecule is C#C.CCCCCCCCCCCCCCCCC(CC(=O)O)C(=O)NC(C(=O)NC)C(C)(C)S. The van der Waals surface area contributed by atoms with Crippen LogP contribution in [0.1, 0.15) is 124 Å². The lowest BCUT2D eigenvalue weighted by molar-refractivity contribution is -0.141. The molecule has 3 N–H and O–H groups in total.